The number of rotatable bonds is 5. The lowest BCUT2D eigenvalue weighted by Gasteiger charge is -2.37. The summed E-state index contributed by atoms with van der Waals surface area (Å²) in [5.41, 5.74) is 5.59. The molecule has 5 heteroatoms. The Labute approximate surface area is 166 Å². The number of aromatic amines is 1. The van der Waals surface area contributed by atoms with Crippen molar-refractivity contribution in [1.29, 1.82) is 0 Å². The Morgan fingerprint density at radius 1 is 1.04 bits per heavy atom. The van der Waals surface area contributed by atoms with Crippen molar-refractivity contribution >= 4 is 16.6 Å². The number of β-amino-alcohol motifs (C(OH)–C–C–N with tert-alkyl or cyclic N) is 1. The van der Waals surface area contributed by atoms with Crippen molar-refractivity contribution in [2.24, 2.45) is 0 Å². The summed E-state index contributed by atoms with van der Waals surface area (Å²) in [7, 11) is 1.72. The predicted octanol–water partition coefficient (Wildman–Crippen LogP) is 3.65. The smallest absolute Gasteiger partial charge is 0.142 e. The van der Waals surface area contributed by atoms with Crippen molar-refractivity contribution < 1.29 is 9.84 Å². The number of aliphatic hydroxyl groups is 1. The van der Waals surface area contributed by atoms with Gasteiger partial charge in [0.1, 0.15) is 5.75 Å². The van der Waals surface area contributed by atoms with Crippen molar-refractivity contribution in [1.82, 2.24) is 9.88 Å². The lowest BCUT2D eigenvalue weighted by Crippen LogP contribution is -2.47. The number of anilines is 1. The zero-order valence-electron chi connectivity index (χ0n) is 16.9. The number of nitrogens with zero attached hydrogens (tertiary/aromatic N) is 2. The average molecular weight is 380 g/mol. The maximum absolute atomic E-state index is 11.0. The zero-order chi connectivity index (χ0) is 19.7. The van der Waals surface area contributed by atoms with Crippen molar-refractivity contribution in [2.75, 3.05) is 44.7 Å². The van der Waals surface area contributed by atoms with Crippen LogP contribution in [0.25, 0.3) is 10.9 Å². The molecule has 2 heterocycles. The molecule has 1 aliphatic heterocycles. The third kappa shape index (κ3) is 3.48. The third-order valence-electron chi connectivity index (χ3n) is 5.84. The topological polar surface area (TPSA) is 51.7 Å². The normalized spacial score (nSPS) is 16.5. The molecule has 4 rings (SSSR count). The van der Waals surface area contributed by atoms with E-state index in [0.717, 1.165) is 59.8 Å². The van der Waals surface area contributed by atoms with E-state index in [9.17, 15) is 5.11 Å². The van der Waals surface area contributed by atoms with Crippen molar-refractivity contribution in [3.8, 4) is 5.75 Å². The van der Waals surface area contributed by atoms with E-state index in [-0.39, 0.29) is 0 Å². The van der Waals surface area contributed by atoms with Crippen molar-refractivity contribution in [2.45, 2.75) is 20.0 Å². The summed E-state index contributed by atoms with van der Waals surface area (Å²) in [6.45, 7) is 8.52. The van der Waals surface area contributed by atoms with Gasteiger partial charge in [0.25, 0.3) is 0 Å². The first-order chi connectivity index (χ1) is 13.6. The molecule has 28 heavy (non-hydrogen) atoms. The second-order valence-corrected chi connectivity index (χ2v) is 7.64. The van der Waals surface area contributed by atoms with Gasteiger partial charge in [-0.15, -0.1) is 0 Å². The number of ether oxygens (including phenoxy) is 1. The minimum atomic E-state index is -0.492. The highest BCUT2D eigenvalue weighted by atomic mass is 16.5. The van der Waals surface area contributed by atoms with Crippen molar-refractivity contribution in [3.05, 3.63) is 59.3 Å². The maximum atomic E-state index is 11.0. The quantitative estimate of drug-likeness (QED) is 0.711. The first-order valence-electron chi connectivity index (χ1n) is 9.94. The number of methoxy groups -OCH3 is 1. The molecule has 0 radical (unpaired) electrons. The molecule has 3 aromatic rings. The van der Waals surface area contributed by atoms with Crippen LogP contribution in [0.5, 0.6) is 5.75 Å². The van der Waals surface area contributed by atoms with Crippen LogP contribution >= 0.6 is 0 Å². The van der Waals surface area contributed by atoms with Crippen LogP contribution in [0.15, 0.2) is 42.5 Å². The van der Waals surface area contributed by atoms with Crippen LogP contribution in [0.4, 0.5) is 5.69 Å². The van der Waals surface area contributed by atoms with Gasteiger partial charge in [0.05, 0.1) is 18.9 Å². The lowest BCUT2D eigenvalue weighted by molar-refractivity contribution is 0.110. The minimum Gasteiger partial charge on any atom is -0.495 e. The van der Waals surface area contributed by atoms with Gasteiger partial charge in [-0.05, 0) is 31.5 Å². The Balaban J connectivity index is 1.44. The summed E-state index contributed by atoms with van der Waals surface area (Å²) in [5.74, 6) is 0.917. The summed E-state index contributed by atoms with van der Waals surface area (Å²) >= 11 is 0. The SMILES string of the molecule is COc1ccccc1N1CCN(CC(O)c2c(C)[nH]c3c(C)cccc23)CC1. The first-order valence-corrected chi connectivity index (χ1v) is 9.94. The van der Waals surface area contributed by atoms with Gasteiger partial charge in [0.15, 0.2) is 0 Å². The van der Waals surface area contributed by atoms with E-state index in [0.29, 0.717) is 6.54 Å². The predicted molar refractivity (Wildman–Crippen MR) is 114 cm³/mol. The molecule has 0 spiro atoms. The number of fused-ring (bicyclic) bond motifs is 1. The highest BCUT2D eigenvalue weighted by Gasteiger charge is 2.24. The average Bonchev–Trinajstić information content (AvgIpc) is 3.06. The second kappa shape index (κ2) is 7.86. The van der Waals surface area contributed by atoms with Crippen LogP contribution in [-0.4, -0.2) is 54.8 Å². The number of hydrogen-bond donors (Lipinski definition) is 2. The standard InChI is InChI=1S/C23H29N3O2/c1-16-7-6-8-18-22(17(2)24-23(16)18)20(27)15-25-11-13-26(14-12-25)19-9-4-5-10-21(19)28-3/h4-10,20,24,27H,11-15H2,1-3H3. The highest BCUT2D eigenvalue weighted by molar-refractivity contribution is 5.87. The first kappa shape index (κ1) is 18.8. The van der Waals surface area contributed by atoms with E-state index in [1.54, 1.807) is 7.11 Å². The fourth-order valence-electron chi connectivity index (χ4n) is 4.34. The molecule has 0 saturated carbocycles. The number of para-hydroxylation sites is 3. The van der Waals surface area contributed by atoms with E-state index in [4.69, 9.17) is 4.74 Å². The van der Waals surface area contributed by atoms with E-state index in [1.165, 1.54) is 5.56 Å². The Morgan fingerprint density at radius 2 is 1.79 bits per heavy atom. The summed E-state index contributed by atoms with van der Waals surface area (Å²) in [4.78, 5) is 8.17. The van der Waals surface area contributed by atoms with Crippen LogP contribution in [0.2, 0.25) is 0 Å². The summed E-state index contributed by atoms with van der Waals surface area (Å²) in [6, 6.07) is 14.4. The Kier molecular flexibility index (Phi) is 5.29. The molecule has 5 nitrogen and oxygen atoms in total. The lowest BCUT2D eigenvalue weighted by atomic mass is 10.0. The van der Waals surface area contributed by atoms with Gasteiger partial charge < -0.3 is 19.7 Å². The highest BCUT2D eigenvalue weighted by Crippen LogP contribution is 2.31. The monoisotopic (exact) mass is 379 g/mol. The number of H-pyrrole nitrogens is 1. The third-order valence-corrected chi connectivity index (χ3v) is 5.84. The van der Waals surface area contributed by atoms with Gasteiger partial charge >= 0.3 is 0 Å². The van der Waals surface area contributed by atoms with Crippen LogP contribution in [0, 0.1) is 13.8 Å². The molecule has 0 amide bonds. The number of nitrogens with one attached hydrogen (secondary N) is 1. The Morgan fingerprint density at radius 3 is 2.54 bits per heavy atom. The van der Waals surface area contributed by atoms with Gasteiger partial charge in [-0.25, -0.2) is 0 Å². The van der Waals surface area contributed by atoms with Crippen LogP contribution < -0.4 is 9.64 Å². The number of aromatic nitrogens is 1. The molecule has 0 bridgehead atoms. The number of piperazine rings is 1. The van der Waals surface area contributed by atoms with Crippen LogP contribution in [-0.2, 0) is 0 Å². The fourth-order valence-corrected chi connectivity index (χ4v) is 4.34. The van der Waals surface area contributed by atoms with E-state index < -0.39 is 6.10 Å². The molecule has 0 aliphatic carbocycles. The number of aryl methyl sites for hydroxylation is 2. The molecular weight excluding hydrogens is 350 g/mol. The van der Waals surface area contributed by atoms with E-state index in [1.807, 2.05) is 12.1 Å². The Hall–Kier alpha value is -2.50. The van der Waals surface area contributed by atoms with Crippen LogP contribution in [0.1, 0.15) is 22.9 Å². The summed E-state index contributed by atoms with van der Waals surface area (Å²) in [5, 5.41) is 12.1. The van der Waals surface area contributed by atoms with Crippen molar-refractivity contribution in [3.63, 3.8) is 0 Å². The Bertz CT molecular complexity index is 958. The summed E-state index contributed by atoms with van der Waals surface area (Å²) in [6.07, 6.45) is -0.492. The molecule has 1 aliphatic rings. The molecule has 148 valence electrons. The molecule has 2 aromatic carbocycles. The minimum absolute atomic E-state index is 0.492. The fraction of sp³-hybridized carbons (Fsp3) is 0.391. The molecule has 1 aromatic heterocycles. The van der Waals surface area contributed by atoms with Gasteiger partial charge in [0, 0.05) is 54.9 Å². The van der Waals surface area contributed by atoms with Gasteiger partial charge in [0.2, 0.25) is 0 Å². The molecule has 1 saturated heterocycles. The van der Waals surface area contributed by atoms with Crippen LogP contribution in [0.3, 0.4) is 0 Å². The zero-order valence-corrected chi connectivity index (χ0v) is 16.9. The van der Waals surface area contributed by atoms with Gasteiger partial charge in [-0.2, -0.15) is 0 Å². The molecule has 2 N–H and O–H groups in total. The molecule has 1 unspecified atom stereocenters. The second-order valence-electron chi connectivity index (χ2n) is 7.64. The van der Waals surface area contributed by atoms with Gasteiger partial charge in [-0.3, -0.25) is 4.90 Å². The number of hydrogen-bond acceptors (Lipinski definition) is 4. The largest absolute Gasteiger partial charge is 0.495 e. The molecular formula is C23H29N3O2. The molecule has 1 fully saturated rings. The van der Waals surface area contributed by atoms with E-state index in [2.05, 4.69) is 59.0 Å². The number of aliphatic hydroxyl groups excluding tert-OH is 1. The van der Waals surface area contributed by atoms with E-state index >= 15 is 0 Å². The summed E-state index contributed by atoms with van der Waals surface area (Å²) < 4.78 is 5.50. The molecule has 1 atom stereocenters. The maximum Gasteiger partial charge on any atom is 0.142 e. The van der Waals surface area contributed by atoms with Gasteiger partial charge in [-0.1, -0.05) is 30.3 Å². The number of benzene rings is 2.